The van der Waals surface area contributed by atoms with Gasteiger partial charge in [0.15, 0.2) is 0 Å². The van der Waals surface area contributed by atoms with E-state index in [2.05, 4.69) is 34.5 Å². The Morgan fingerprint density at radius 3 is 1.80 bits per heavy atom. The van der Waals surface area contributed by atoms with E-state index in [0.29, 0.717) is 6.54 Å². The van der Waals surface area contributed by atoms with Gasteiger partial charge in [0, 0.05) is 12.6 Å². The molecule has 0 heterocycles. The molecule has 8 nitrogen and oxygen atoms in total. The number of carbonyl (C=O) groups is 1. The average molecular weight is 565 g/mol. The Bertz CT molecular complexity index is 1070. The van der Waals surface area contributed by atoms with Gasteiger partial charge < -0.3 is 29.0 Å². The number of benzene rings is 3. The van der Waals surface area contributed by atoms with Crippen LogP contribution in [0.25, 0.3) is 0 Å². The van der Waals surface area contributed by atoms with Crippen LogP contribution in [-0.2, 0) is 33.7 Å². The number of esters is 1. The molecule has 2 atom stereocenters. The van der Waals surface area contributed by atoms with E-state index in [4.69, 9.17) is 18.9 Å². The molecule has 0 saturated carbocycles. The van der Waals surface area contributed by atoms with Gasteiger partial charge in [-0.05, 0) is 79.7 Å². The van der Waals surface area contributed by atoms with Gasteiger partial charge in [-0.15, -0.1) is 0 Å². The van der Waals surface area contributed by atoms with E-state index in [1.807, 2.05) is 54.6 Å². The number of ether oxygens (including phenoxy) is 4. The molecule has 0 aliphatic rings. The summed E-state index contributed by atoms with van der Waals surface area (Å²) in [5.74, 6) is 1.35. The van der Waals surface area contributed by atoms with Gasteiger partial charge in [0.1, 0.15) is 11.5 Å². The van der Waals surface area contributed by atoms with Crippen LogP contribution >= 0.6 is 0 Å². The van der Waals surface area contributed by atoms with Crippen molar-refractivity contribution >= 4 is 5.97 Å². The maximum absolute atomic E-state index is 12.2. The van der Waals surface area contributed by atoms with Crippen molar-refractivity contribution in [1.29, 1.82) is 0 Å². The van der Waals surface area contributed by atoms with Crippen LogP contribution in [-0.4, -0.2) is 69.4 Å². The lowest BCUT2D eigenvalue weighted by Gasteiger charge is -2.29. The number of carbonyl (C=O) groups excluding carboxylic acids is 1. The quantitative estimate of drug-likeness (QED) is 0.162. The predicted octanol–water partition coefficient (Wildman–Crippen LogP) is 4.59. The average Bonchev–Trinajstić information content (AvgIpc) is 3.01. The first kappa shape index (κ1) is 32.1. The number of rotatable bonds is 19. The number of nitrogens with zero attached hydrogens (tertiary/aromatic N) is 1. The molecule has 0 aliphatic carbocycles. The minimum absolute atomic E-state index is 0.121. The molecule has 1 unspecified atom stereocenters. The number of methoxy groups -OCH3 is 3. The van der Waals surface area contributed by atoms with Crippen molar-refractivity contribution < 1.29 is 28.8 Å². The van der Waals surface area contributed by atoms with E-state index in [9.17, 15) is 9.90 Å². The fraction of sp³-hybridized carbons (Fsp3) is 0.424. The molecular formula is C33H44N2O6. The Hall–Kier alpha value is -3.43. The van der Waals surface area contributed by atoms with Crippen molar-refractivity contribution in [2.24, 2.45) is 0 Å². The van der Waals surface area contributed by atoms with Crippen LogP contribution in [0.4, 0.5) is 0 Å². The lowest BCUT2D eigenvalue weighted by Crippen LogP contribution is -2.48. The monoisotopic (exact) mass is 564 g/mol. The second kappa shape index (κ2) is 18.1. The largest absolute Gasteiger partial charge is 0.497 e. The van der Waals surface area contributed by atoms with Crippen LogP contribution in [0.1, 0.15) is 36.0 Å². The molecule has 0 aliphatic heterocycles. The summed E-state index contributed by atoms with van der Waals surface area (Å²) in [7, 11) is 4.71. The van der Waals surface area contributed by atoms with E-state index >= 15 is 0 Å². The molecule has 0 fully saturated rings. The molecule has 2 N–H and O–H groups in total. The molecule has 41 heavy (non-hydrogen) atoms. The van der Waals surface area contributed by atoms with Gasteiger partial charge in [-0.2, -0.15) is 0 Å². The molecule has 0 amide bonds. The lowest BCUT2D eigenvalue weighted by molar-refractivity contribution is -0.147. The molecular weight excluding hydrogens is 520 g/mol. The summed E-state index contributed by atoms with van der Waals surface area (Å²) in [4.78, 5) is 14.6. The fourth-order valence-corrected chi connectivity index (χ4v) is 4.66. The summed E-state index contributed by atoms with van der Waals surface area (Å²) in [6, 6.07) is 25.6. The van der Waals surface area contributed by atoms with E-state index in [1.54, 1.807) is 14.2 Å². The number of hydrogen-bond donors (Lipinski definition) is 2. The highest BCUT2D eigenvalue weighted by Crippen LogP contribution is 2.15. The zero-order valence-corrected chi connectivity index (χ0v) is 24.5. The minimum atomic E-state index is -1.22. The van der Waals surface area contributed by atoms with Gasteiger partial charge in [-0.3, -0.25) is 10.1 Å². The summed E-state index contributed by atoms with van der Waals surface area (Å²) in [6.45, 7) is 2.50. The van der Waals surface area contributed by atoms with E-state index < -0.39 is 6.41 Å². The van der Waals surface area contributed by atoms with Gasteiger partial charge in [0.25, 0.3) is 0 Å². The number of nitrogens with one attached hydrogen (secondary N) is 1. The third-order valence-electron chi connectivity index (χ3n) is 6.95. The Balaban J connectivity index is 1.61. The van der Waals surface area contributed by atoms with Gasteiger partial charge >= 0.3 is 5.97 Å². The van der Waals surface area contributed by atoms with Crippen molar-refractivity contribution in [3.8, 4) is 11.5 Å². The highest BCUT2D eigenvalue weighted by molar-refractivity contribution is 5.69. The van der Waals surface area contributed by atoms with Crippen LogP contribution in [0, 0.1) is 0 Å². The molecule has 222 valence electrons. The Labute approximate surface area is 244 Å². The summed E-state index contributed by atoms with van der Waals surface area (Å²) < 4.78 is 21.1. The van der Waals surface area contributed by atoms with Gasteiger partial charge in [-0.25, -0.2) is 0 Å². The smallest absolute Gasteiger partial charge is 0.307 e. The number of aliphatic hydroxyl groups is 1. The third-order valence-corrected chi connectivity index (χ3v) is 6.95. The Kier molecular flexibility index (Phi) is 14.2. The van der Waals surface area contributed by atoms with Crippen LogP contribution in [0.2, 0.25) is 0 Å². The first-order valence-corrected chi connectivity index (χ1v) is 14.1. The highest BCUT2D eigenvalue weighted by atomic mass is 16.6. The van der Waals surface area contributed by atoms with Crippen molar-refractivity contribution in [2.45, 2.75) is 51.2 Å². The Morgan fingerprint density at radius 1 is 0.780 bits per heavy atom. The minimum Gasteiger partial charge on any atom is -0.497 e. The van der Waals surface area contributed by atoms with Gasteiger partial charge in [0.2, 0.25) is 6.41 Å². The summed E-state index contributed by atoms with van der Waals surface area (Å²) in [5, 5.41) is 13.7. The van der Waals surface area contributed by atoms with Crippen molar-refractivity contribution in [3.63, 3.8) is 0 Å². The number of aryl methyl sites for hydroxylation is 2. The summed E-state index contributed by atoms with van der Waals surface area (Å²) in [5.41, 5.74) is 3.45. The van der Waals surface area contributed by atoms with Crippen molar-refractivity contribution in [2.75, 3.05) is 41.0 Å². The number of aliphatic hydroxyl groups excluding tert-OH is 1. The van der Waals surface area contributed by atoms with E-state index in [0.717, 1.165) is 55.8 Å². The molecule has 0 saturated heterocycles. The van der Waals surface area contributed by atoms with E-state index in [-0.39, 0.29) is 25.0 Å². The maximum Gasteiger partial charge on any atom is 0.307 e. The summed E-state index contributed by atoms with van der Waals surface area (Å²) in [6.07, 6.45) is 2.66. The first-order valence-electron chi connectivity index (χ1n) is 14.1. The topological polar surface area (TPSA) is 89.5 Å². The van der Waals surface area contributed by atoms with Crippen molar-refractivity contribution in [3.05, 3.63) is 95.6 Å². The van der Waals surface area contributed by atoms with E-state index in [1.165, 1.54) is 18.2 Å². The standard InChI is InChI=1S/C33H44N2O6/c1-38-30-17-13-26(14-18-30)11-7-21-35(22-8-12-27-15-19-31(39-2)20-16-27)24-29(23-32(36)40-3)34-33(37)41-25-28-9-5-4-6-10-28/h4-6,9-10,13-20,29,33-34,37H,7-8,11-12,21-25H2,1-3H3/t29-,33?/m0/s1. The molecule has 0 radical (unpaired) electrons. The summed E-state index contributed by atoms with van der Waals surface area (Å²) >= 11 is 0. The zero-order chi connectivity index (χ0) is 29.3. The maximum atomic E-state index is 12.2. The SMILES string of the molecule is COC(=O)C[C@@H](CN(CCCc1ccc(OC)cc1)CCCc1ccc(OC)cc1)NC(O)OCc1ccccc1. The second-order valence-corrected chi connectivity index (χ2v) is 10.00. The predicted molar refractivity (Wildman–Crippen MR) is 160 cm³/mol. The second-order valence-electron chi connectivity index (χ2n) is 10.00. The molecule has 0 aromatic heterocycles. The molecule has 8 heteroatoms. The third kappa shape index (κ3) is 12.3. The lowest BCUT2D eigenvalue weighted by atomic mass is 10.1. The van der Waals surface area contributed by atoms with Crippen LogP contribution < -0.4 is 14.8 Å². The van der Waals surface area contributed by atoms with Gasteiger partial charge in [0.05, 0.1) is 34.4 Å². The van der Waals surface area contributed by atoms with Crippen LogP contribution in [0.15, 0.2) is 78.9 Å². The highest BCUT2D eigenvalue weighted by Gasteiger charge is 2.21. The van der Waals surface area contributed by atoms with Crippen LogP contribution in [0.3, 0.4) is 0 Å². The molecule has 0 spiro atoms. The normalized spacial score (nSPS) is 12.6. The molecule has 3 rings (SSSR count). The van der Waals surface area contributed by atoms with Crippen molar-refractivity contribution in [1.82, 2.24) is 10.2 Å². The van der Waals surface area contributed by atoms with Gasteiger partial charge in [-0.1, -0.05) is 54.6 Å². The number of hydrogen-bond acceptors (Lipinski definition) is 8. The zero-order valence-electron chi connectivity index (χ0n) is 24.5. The Morgan fingerprint density at radius 2 is 1.32 bits per heavy atom. The molecule has 3 aromatic carbocycles. The fourth-order valence-electron chi connectivity index (χ4n) is 4.66. The first-order chi connectivity index (χ1) is 20.0. The molecule has 0 bridgehead atoms. The van der Waals surface area contributed by atoms with Crippen LogP contribution in [0.5, 0.6) is 11.5 Å². The molecule has 3 aromatic rings.